The average molecular weight is 389 g/mol. The van der Waals surface area contributed by atoms with Gasteiger partial charge in [-0.15, -0.1) is 21.5 Å². The van der Waals surface area contributed by atoms with Gasteiger partial charge in [-0.3, -0.25) is 4.99 Å². The van der Waals surface area contributed by atoms with Crippen LogP contribution in [0.25, 0.3) is 0 Å². The molecule has 148 valence electrons. The fourth-order valence-electron chi connectivity index (χ4n) is 3.56. The van der Waals surface area contributed by atoms with Crippen LogP contribution in [0.15, 0.2) is 28.8 Å². The van der Waals surface area contributed by atoms with Crippen LogP contribution < -0.4 is 10.6 Å². The lowest BCUT2D eigenvalue weighted by molar-refractivity contribution is 0.366. The van der Waals surface area contributed by atoms with E-state index in [2.05, 4.69) is 49.8 Å². The molecule has 1 aliphatic rings. The van der Waals surface area contributed by atoms with E-state index in [0.717, 1.165) is 56.7 Å². The molecule has 0 atom stereocenters. The van der Waals surface area contributed by atoms with Gasteiger partial charge in [0.1, 0.15) is 12.2 Å². The van der Waals surface area contributed by atoms with Gasteiger partial charge in [-0.25, -0.2) is 0 Å². The maximum absolute atomic E-state index is 4.88. The van der Waals surface area contributed by atoms with Crippen molar-refractivity contribution in [3.05, 3.63) is 34.5 Å². The van der Waals surface area contributed by atoms with E-state index in [1.54, 1.807) is 0 Å². The zero-order valence-electron chi connectivity index (χ0n) is 16.4. The van der Waals surface area contributed by atoms with Crippen LogP contribution in [0.2, 0.25) is 0 Å². The van der Waals surface area contributed by atoms with Gasteiger partial charge in [0.25, 0.3) is 0 Å². The molecule has 0 unspecified atom stereocenters. The molecule has 1 saturated carbocycles. The maximum Gasteiger partial charge on any atom is 0.191 e. The third-order valence-electron chi connectivity index (χ3n) is 5.13. The molecule has 2 N–H and O–H groups in total. The number of thiophene rings is 1. The number of nitrogens with zero attached hydrogens (tertiary/aromatic N) is 4. The van der Waals surface area contributed by atoms with Crippen molar-refractivity contribution in [1.29, 1.82) is 0 Å². The molecule has 2 aromatic heterocycles. The summed E-state index contributed by atoms with van der Waals surface area (Å²) >= 11 is 1.81. The lowest BCUT2D eigenvalue weighted by Gasteiger charge is -2.20. The zero-order chi connectivity index (χ0) is 18.7. The largest absolute Gasteiger partial charge is 0.356 e. The summed E-state index contributed by atoms with van der Waals surface area (Å²) in [6.45, 7) is 5.62. The van der Waals surface area contributed by atoms with Crippen LogP contribution in [-0.4, -0.2) is 40.4 Å². The smallest absolute Gasteiger partial charge is 0.191 e. The molecule has 0 bridgehead atoms. The summed E-state index contributed by atoms with van der Waals surface area (Å²) in [4.78, 5) is 6.29. The highest BCUT2D eigenvalue weighted by Crippen LogP contribution is 2.23. The lowest BCUT2D eigenvalue weighted by atomic mass is 9.89. The Hall–Kier alpha value is -1.89. The fraction of sp³-hybridized carbons (Fsp3) is 0.650. The Morgan fingerprint density at radius 3 is 2.89 bits per heavy atom. The molecule has 6 nitrogen and oxygen atoms in total. The second-order valence-corrected chi connectivity index (χ2v) is 8.20. The van der Waals surface area contributed by atoms with Gasteiger partial charge in [0, 0.05) is 37.5 Å². The van der Waals surface area contributed by atoms with Crippen molar-refractivity contribution in [3.8, 4) is 0 Å². The number of rotatable bonds is 9. The molecule has 2 heterocycles. The summed E-state index contributed by atoms with van der Waals surface area (Å²) in [6, 6.07) is 4.30. The number of nitrogens with one attached hydrogen (secondary N) is 2. The van der Waals surface area contributed by atoms with Crippen molar-refractivity contribution in [1.82, 2.24) is 25.4 Å². The molecule has 0 aliphatic heterocycles. The van der Waals surface area contributed by atoms with Crippen molar-refractivity contribution < 1.29 is 0 Å². The highest BCUT2D eigenvalue weighted by Gasteiger charge is 2.13. The average Bonchev–Trinajstić information content (AvgIpc) is 3.38. The molecule has 2 aromatic rings. The number of hydrogen-bond donors (Lipinski definition) is 2. The van der Waals surface area contributed by atoms with E-state index < -0.39 is 0 Å². The quantitative estimate of drug-likeness (QED) is 0.511. The minimum atomic E-state index is 0.749. The molecule has 1 fully saturated rings. The molecule has 0 saturated heterocycles. The Morgan fingerprint density at radius 2 is 2.11 bits per heavy atom. The number of aryl methyl sites for hydroxylation is 1. The highest BCUT2D eigenvalue weighted by atomic mass is 32.1. The Labute approximate surface area is 166 Å². The van der Waals surface area contributed by atoms with E-state index in [0.29, 0.717) is 0 Å². The van der Waals surface area contributed by atoms with Gasteiger partial charge in [0.15, 0.2) is 5.96 Å². The zero-order valence-corrected chi connectivity index (χ0v) is 17.2. The summed E-state index contributed by atoms with van der Waals surface area (Å²) in [5.41, 5.74) is 0. The van der Waals surface area contributed by atoms with Crippen LogP contribution in [0.5, 0.6) is 0 Å². The first-order valence-electron chi connectivity index (χ1n) is 10.3. The van der Waals surface area contributed by atoms with Crippen molar-refractivity contribution >= 4 is 17.3 Å². The number of aromatic nitrogens is 3. The molecule has 27 heavy (non-hydrogen) atoms. The molecule has 3 rings (SSSR count). The van der Waals surface area contributed by atoms with Crippen molar-refractivity contribution in [3.63, 3.8) is 0 Å². The van der Waals surface area contributed by atoms with Crippen molar-refractivity contribution in [2.24, 2.45) is 10.9 Å². The standard InChI is InChI=1S/C20H32N6S/c1-2-19-25-24-16-26(19)13-12-22-20(21-11-10-18-9-6-14-27-18)23-15-17-7-4-3-5-8-17/h6,9,14,16-17H,2-5,7-8,10-13,15H2,1H3,(H2,21,22,23). The number of hydrogen-bond acceptors (Lipinski definition) is 4. The van der Waals surface area contributed by atoms with Gasteiger partial charge in [-0.1, -0.05) is 32.3 Å². The first-order chi connectivity index (χ1) is 13.3. The van der Waals surface area contributed by atoms with Gasteiger partial charge in [0.2, 0.25) is 0 Å². The predicted octanol–water partition coefficient (Wildman–Crippen LogP) is 3.26. The van der Waals surface area contributed by atoms with Gasteiger partial charge in [-0.05, 0) is 36.6 Å². The van der Waals surface area contributed by atoms with Gasteiger partial charge < -0.3 is 15.2 Å². The Bertz CT molecular complexity index is 672. The van der Waals surface area contributed by atoms with E-state index >= 15 is 0 Å². The summed E-state index contributed by atoms with van der Waals surface area (Å²) in [7, 11) is 0. The van der Waals surface area contributed by atoms with E-state index in [1.165, 1.54) is 37.0 Å². The normalized spacial score (nSPS) is 15.8. The van der Waals surface area contributed by atoms with Gasteiger partial charge >= 0.3 is 0 Å². The van der Waals surface area contributed by atoms with Crippen molar-refractivity contribution in [2.45, 2.75) is 58.4 Å². The minimum absolute atomic E-state index is 0.749. The van der Waals surface area contributed by atoms with E-state index in [-0.39, 0.29) is 0 Å². The SMILES string of the molecule is CCc1nncn1CCNC(=NCC1CCCCC1)NCCc1cccs1. The molecule has 1 aliphatic carbocycles. The fourth-order valence-corrected chi connectivity index (χ4v) is 4.27. The molecular weight excluding hydrogens is 356 g/mol. The predicted molar refractivity (Wildman–Crippen MR) is 112 cm³/mol. The second kappa shape index (κ2) is 11.1. The number of aliphatic imine (C=N–C) groups is 1. The molecule has 0 spiro atoms. The Balaban J connectivity index is 1.49. The number of guanidine groups is 1. The van der Waals surface area contributed by atoms with Crippen LogP contribution in [0.3, 0.4) is 0 Å². The monoisotopic (exact) mass is 388 g/mol. The second-order valence-electron chi connectivity index (χ2n) is 7.17. The Morgan fingerprint density at radius 1 is 1.26 bits per heavy atom. The molecular formula is C20H32N6S. The molecule has 0 radical (unpaired) electrons. The highest BCUT2D eigenvalue weighted by molar-refractivity contribution is 7.09. The third-order valence-corrected chi connectivity index (χ3v) is 6.07. The van der Waals surface area contributed by atoms with Gasteiger partial charge in [0.05, 0.1) is 0 Å². The minimum Gasteiger partial charge on any atom is -0.356 e. The summed E-state index contributed by atoms with van der Waals surface area (Å²) in [5, 5.41) is 17.3. The molecule has 0 aromatic carbocycles. The first kappa shape index (κ1) is 19.9. The lowest BCUT2D eigenvalue weighted by Crippen LogP contribution is -2.40. The van der Waals surface area contributed by atoms with Crippen molar-refractivity contribution in [2.75, 3.05) is 19.6 Å². The van der Waals surface area contributed by atoms with Crippen LogP contribution in [0.4, 0.5) is 0 Å². The van der Waals surface area contributed by atoms with Crippen LogP contribution in [0, 0.1) is 5.92 Å². The van der Waals surface area contributed by atoms with E-state index in [4.69, 9.17) is 4.99 Å². The first-order valence-corrected chi connectivity index (χ1v) is 11.1. The van der Waals surface area contributed by atoms with Crippen LogP contribution >= 0.6 is 11.3 Å². The van der Waals surface area contributed by atoms with Gasteiger partial charge in [-0.2, -0.15) is 0 Å². The molecule has 7 heteroatoms. The third kappa shape index (κ3) is 6.65. The maximum atomic E-state index is 4.88. The summed E-state index contributed by atoms with van der Waals surface area (Å²) < 4.78 is 2.11. The molecule has 0 amide bonds. The van der Waals surface area contributed by atoms with E-state index in [1.807, 2.05) is 17.7 Å². The summed E-state index contributed by atoms with van der Waals surface area (Å²) in [6.07, 6.45) is 10.5. The van der Waals surface area contributed by atoms with Crippen LogP contribution in [-0.2, 0) is 19.4 Å². The van der Waals surface area contributed by atoms with E-state index in [9.17, 15) is 0 Å². The van der Waals surface area contributed by atoms with Crippen LogP contribution in [0.1, 0.15) is 49.7 Å². The topological polar surface area (TPSA) is 67.1 Å². The Kier molecular flexibility index (Phi) is 8.14. The summed E-state index contributed by atoms with van der Waals surface area (Å²) in [5.74, 6) is 2.71.